The molecule has 1 aromatic carbocycles. The van der Waals surface area contributed by atoms with Crippen molar-refractivity contribution in [3.05, 3.63) is 58.4 Å². The molecule has 0 unspecified atom stereocenters. The van der Waals surface area contributed by atoms with Gasteiger partial charge in [0.25, 0.3) is 0 Å². The van der Waals surface area contributed by atoms with Crippen LogP contribution < -0.4 is 4.74 Å². The lowest BCUT2D eigenvalue weighted by atomic mass is 10.2. The van der Waals surface area contributed by atoms with Gasteiger partial charge in [-0.15, -0.1) is 0 Å². The highest BCUT2D eigenvalue weighted by Crippen LogP contribution is 2.15. The summed E-state index contributed by atoms with van der Waals surface area (Å²) in [5.74, 6) is 0.350. The van der Waals surface area contributed by atoms with E-state index in [1.54, 1.807) is 13.2 Å². The zero-order valence-corrected chi connectivity index (χ0v) is 12.7. The first-order valence-corrected chi connectivity index (χ1v) is 6.96. The van der Waals surface area contributed by atoms with Crippen LogP contribution in [0.2, 0.25) is 5.15 Å². The van der Waals surface area contributed by atoms with E-state index in [1.165, 1.54) is 6.07 Å². The molecule has 0 atom stereocenters. The molecule has 0 saturated carbocycles. The minimum absolute atomic E-state index is 0.199. The van der Waals surface area contributed by atoms with Crippen LogP contribution in [0.15, 0.2) is 36.4 Å². The molecule has 0 aliphatic carbocycles. The van der Waals surface area contributed by atoms with Gasteiger partial charge in [-0.05, 0) is 36.2 Å². The van der Waals surface area contributed by atoms with Gasteiger partial charge in [-0.1, -0.05) is 30.7 Å². The molecule has 4 nitrogen and oxygen atoms in total. The van der Waals surface area contributed by atoms with Crippen LogP contribution >= 0.6 is 11.6 Å². The highest BCUT2D eigenvalue weighted by Gasteiger charge is 2.10. The molecule has 0 amide bonds. The Hall–Kier alpha value is -2.07. The molecule has 0 spiro atoms. The first-order valence-electron chi connectivity index (χ1n) is 6.59. The molecule has 0 saturated heterocycles. The molecule has 5 heteroatoms. The van der Waals surface area contributed by atoms with Crippen LogP contribution in [0.25, 0.3) is 0 Å². The van der Waals surface area contributed by atoms with Crippen LogP contribution in [0.1, 0.15) is 28.5 Å². The number of carbonyl (C=O) groups excluding carboxylic acids is 1. The lowest BCUT2D eigenvalue weighted by molar-refractivity contribution is 0.0472. The molecule has 0 aliphatic heterocycles. The van der Waals surface area contributed by atoms with Gasteiger partial charge in [0, 0.05) is 5.69 Å². The summed E-state index contributed by atoms with van der Waals surface area (Å²) in [7, 11) is 1.60. The largest absolute Gasteiger partial charge is 0.497 e. The Morgan fingerprint density at radius 3 is 2.57 bits per heavy atom. The fraction of sp³-hybridized carbons (Fsp3) is 0.250. The number of benzene rings is 1. The second kappa shape index (κ2) is 7.09. The predicted octanol–water partition coefficient (Wildman–Crippen LogP) is 3.66. The maximum atomic E-state index is 12.0. The fourth-order valence-corrected chi connectivity index (χ4v) is 2.03. The fourth-order valence-electron chi connectivity index (χ4n) is 1.80. The van der Waals surface area contributed by atoms with E-state index in [2.05, 4.69) is 4.98 Å². The van der Waals surface area contributed by atoms with Crippen molar-refractivity contribution < 1.29 is 14.3 Å². The third-order valence-corrected chi connectivity index (χ3v) is 3.17. The molecule has 0 bridgehead atoms. The molecule has 1 aromatic heterocycles. The van der Waals surface area contributed by atoms with Crippen molar-refractivity contribution in [3.8, 4) is 5.75 Å². The SMILES string of the molecule is CCc1cc(C(=O)OCc2ccc(OC)cc2)cc(Cl)n1. The zero-order valence-electron chi connectivity index (χ0n) is 11.9. The topological polar surface area (TPSA) is 48.4 Å². The van der Waals surface area contributed by atoms with E-state index in [0.29, 0.717) is 17.1 Å². The standard InChI is InChI=1S/C16H16ClNO3/c1-3-13-8-12(9-15(17)18-13)16(19)21-10-11-4-6-14(20-2)7-5-11/h4-9H,3,10H2,1-2H3. The Labute approximate surface area is 128 Å². The van der Waals surface area contributed by atoms with Crippen molar-refractivity contribution >= 4 is 17.6 Å². The molecule has 0 aliphatic rings. The third-order valence-electron chi connectivity index (χ3n) is 2.97. The maximum absolute atomic E-state index is 12.0. The van der Waals surface area contributed by atoms with Gasteiger partial charge in [0.1, 0.15) is 17.5 Å². The third kappa shape index (κ3) is 4.20. The lowest BCUT2D eigenvalue weighted by Gasteiger charge is -2.07. The van der Waals surface area contributed by atoms with Gasteiger partial charge in [-0.2, -0.15) is 0 Å². The molecule has 1 heterocycles. The zero-order chi connectivity index (χ0) is 15.2. The van der Waals surface area contributed by atoms with Crippen molar-refractivity contribution in [3.63, 3.8) is 0 Å². The number of methoxy groups -OCH3 is 1. The summed E-state index contributed by atoms with van der Waals surface area (Å²) in [6.07, 6.45) is 0.708. The van der Waals surface area contributed by atoms with E-state index in [-0.39, 0.29) is 6.61 Å². The number of hydrogen-bond donors (Lipinski definition) is 0. The Kier molecular flexibility index (Phi) is 5.17. The summed E-state index contributed by atoms with van der Waals surface area (Å²) >= 11 is 5.89. The molecule has 2 aromatic rings. The number of carbonyl (C=O) groups is 1. The second-order valence-electron chi connectivity index (χ2n) is 4.45. The van der Waals surface area contributed by atoms with Crippen molar-refractivity contribution in [1.82, 2.24) is 4.98 Å². The normalized spacial score (nSPS) is 10.2. The summed E-state index contributed by atoms with van der Waals surface area (Å²) < 4.78 is 10.3. The number of ether oxygens (including phenoxy) is 2. The summed E-state index contributed by atoms with van der Waals surface area (Å²) in [5, 5.41) is 0.297. The molecular weight excluding hydrogens is 290 g/mol. The Balaban J connectivity index is 2.02. The minimum atomic E-state index is -0.412. The number of rotatable bonds is 5. The van der Waals surface area contributed by atoms with E-state index in [1.807, 2.05) is 31.2 Å². The van der Waals surface area contributed by atoms with Crippen molar-refractivity contribution in [2.45, 2.75) is 20.0 Å². The number of halogens is 1. The number of aryl methyl sites for hydroxylation is 1. The summed E-state index contributed by atoms with van der Waals surface area (Å²) in [4.78, 5) is 16.1. The molecule has 0 radical (unpaired) electrons. The summed E-state index contributed by atoms with van der Waals surface area (Å²) in [6, 6.07) is 10.6. The first kappa shape index (κ1) is 15.3. The number of nitrogens with zero attached hydrogens (tertiary/aromatic N) is 1. The quantitative estimate of drug-likeness (QED) is 0.625. The molecule has 110 valence electrons. The number of esters is 1. The van der Waals surface area contributed by atoms with Crippen LogP contribution in [0, 0.1) is 0 Å². The Morgan fingerprint density at radius 1 is 1.24 bits per heavy atom. The average Bonchev–Trinajstić information content (AvgIpc) is 2.52. The van der Waals surface area contributed by atoms with Crippen LogP contribution in [-0.2, 0) is 17.8 Å². The number of hydrogen-bond acceptors (Lipinski definition) is 4. The van der Waals surface area contributed by atoms with Crippen molar-refractivity contribution in [1.29, 1.82) is 0 Å². The maximum Gasteiger partial charge on any atom is 0.338 e. The van der Waals surface area contributed by atoms with Gasteiger partial charge in [0.05, 0.1) is 12.7 Å². The van der Waals surface area contributed by atoms with Crippen molar-refractivity contribution in [2.75, 3.05) is 7.11 Å². The monoisotopic (exact) mass is 305 g/mol. The summed E-state index contributed by atoms with van der Waals surface area (Å²) in [5.41, 5.74) is 2.07. The van der Waals surface area contributed by atoms with Gasteiger partial charge >= 0.3 is 5.97 Å². The summed E-state index contributed by atoms with van der Waals surface area (Å²) in [6.45, 7) is 2.15. The Bertz CT molecular complexity index is 626. The van der Waals surface area contributed by atoms with Crippen LogP contribution in [0.4, 0.5) is 0 Å². The van der Waals surface area contributed by atoms with Crippen LogP contribution in [0.3, 0.4) is 0 Å². The van der Waals surface area contributed by atoms with Crippen LogP contribution in [0.5, 0.6) is 5.75 Å². The lowest BCUT2D eigenvalue weighted by Crippen LogP contribution is -2.06. The van der Waals surface area contributed by atoms with Crippen molar-refractivity contribution in [2.24, 2.45) is 0 Å². The van der Waals surface area contributed by atoms with E-state index < -0.39 is 5.97 Å². The van der Waals surface area contributed by atoms with E-state index >= 15 is 0 Å². The molecule has 2 rings (SSSR count). The van der Waals surface area contributed by atoms with Gasteiger partial charge in [-0.25, -0.2) is 9.78 Å². The molecular formula is C16H16ClNO3. The average molecular weight is 306 g/mol. The minimum Gasteiger partial charge on any atom is -0.497 e. The van der Waals surface area contributed by atoms with Gasteiger partial charge in [-0.3, -0.25) is 0 Å². The van der Waals surface area contributed by atoms with E-state index in [0.717, 1.165) is 17.0 Å². The van der Waals surface area contributed by atoms with E-state index in [9.17, 15) is 4.79 Å². The predicted molar refractivity (Wildman–Crippen MR) is 80.7 cm³/mol. The molecule has 0 N–H and O–H groups in total. The van der Waals surface area contributed by atoms with Gasteiger partial charge in [0.2, 0.25) is 0 Å². The highest BCUT2D eigenvalue weighted by atomic mass is 35.5. The smallest absolute Gasteiger partial charge is 0.338 e. The number of aromatic nitrogens is 1. The molecule has 21 heavy (non-hydrogen) atoms. The highest BCUT2D eigenvalue weighted by molar-refractivity contribution is 6.29. The Morgan fingerprint density at radius 2 is 1.95 bits per heavy atom. The van der Waals surface area contributed by atoms with Gasteiger partial charge in [0.15, 0.2) is 0 Å². The van der Waals surface area contributed by atoms with Crippen LogP contribution in [-0.4, -0.2) is 18.1 Å². The van der Waals surface area contributed by atoms with Gasteiger partial charge < -0.3 is 9.47 Å². The molecule has 0 fully saturated rings. The second-order valence-corrected chi connectivity index (χ2v) is 4.83. The number of pyridine rings is 1. The van der Waals surface area contributed by atoms with E-state index in [4.69, 9.17) is 21.1 Å². The first-order chi connectivity index (χ1) is 10.1.